The molecule has 3 aromatic rings. The second kappa shape index (κ2) is 10.6. The summed E-state index contributed by atoms with van der Waals surface area (Å²) < 4.78 is 5.64. The zero-order chi connectivity index (χ0) is 27.9. The molecule has 9 nitrogen and oxygen atoms in total. The van der Waals surface area contributed by atoms with Crippen molar-refractivity contribution in [2.24, 2.45) is 5.41 Å². The molecule has 3 fully saturated rings. The van der Waals surface area contributed by atoms with Crippen molar-refractivity contribution in [1.29, 1.82) is 5.26 Å². The van der Waals surface area contributed by atoms with E-state index in [0.29, 0.717) is 18.8 Å². The summed E-state index contributed by atoms with van der Waals surface area (Å²) in [5.41, 5.74) is 6.95. The highest BCUT2D eigenvalue weighted by Gasteiger charge is 2.49. The molecule has 0 aliphatic carbocycles. The zero-order valence-electron chi connectivity index (χ0n) is 23.6. The van der Waals surface area contributed by atoms with Gasteiger partial charge in [0.05, 0.1) is 36.2 Å². The molecule has 3 saturated heterocycles. The van der Waals surface area contributed by atoms with Gasteiger partial charge in [-0.2, -0.15) is 10.4 Å². The lowest BCUT2D eigenvalue weighted by atomic mass is 9.79. The predicted octanol–water partition coefficient (Wildman–Crippen LogP) is 3.40. The van der Waals surface area contributed by atoms with Gasteiger partial charge in [0.25, 0.3) is 0 Å². The molecule has 1 spiro atoms. The summed E-state index contributed by atoms with van der Waals surface area (Å²) in [5, 5.41) is 19.0. The van der Waals surface area contributed by atoms with E-state index in [1.165, 1.54) is 0 Å². The van der Waals surface area contributed by atoms with Gasteiger partial charge in [-0.05, 0) is 56.8 Å². The number of anilines is 2. The van der Waals surface area contributed by atoms with E-state index in [4.69, 9.17) is 4.74 Å². The number of carbonyl (C=O) groups is 1. The number of aryl methyl sites for hydroxylation is 1. The third-order valence-electron chi connectivity index (χ3n) is 8.57. The molecule has 0 radical (unpaired) electrons. The number of likely N-dealkylation sites (N-methyl/N-ethyl adjacent to an activating group) is 1. The van der Waals surface area contributed by atoms with Crippen LogP contribution in [0.4, 0.5) is 11.4 Å². The molecule has 9 heteroatoms. The Morgan fingerprint density at radius 3 is 2.73 bits per heavy atom. The number of carbonyl (C=O) groups excluding carboxylic acids is 1. The zero-order valence-corrected chi connectivity index (χ0v) is 23.6. The van der Waals surface area contributed by atoms with E-state index in [1.54, 1.807) is 6.08 Å². The minimum atomic E-state index is 0.0768. The normalized spacial score (nSPS) is 18.7. The Morgan fingerprint density at radius 1 is 1.18 bits per heavy atom. The van der Waals surface area contributed by atoms with Crippen LogP contribution in [0.15, 0.2) is 42.6 Å². The highest BCUT2D eigenvalue weighted by atomic mass is 16.5. The van der Waals surface area contributed by atoms with Crippen molar-refractivity contribution in [1.82, 2.24) is 20.0 Å². The first kappa shape index (κ1) is 26.4. The van der Waals surface area contributed by atoms with Crippen LogP contribution in [0.1, 0.15) is 17.5 Å². The molecule has 4 heterocycles. The third kappa shape index (κ3) is 4.82. The van der Waals surface area contributed by atoms with Crippen molar-refractivity contribution < 1.29 is 9.53 Å². The number of H-pyrrole nitrogens is 1. The largest absolute Gasteiger partial charge is 0.378 e. The maximum absolute atomic E-state index is 12.7. The molecular formula is C31H37N7O2. The van der Waals surface area contributed by atoms with Crippen molar-refractivity contribution in [3.63, 3.8) is 0 Å². The lowest BCUT2D eigenvalue weighted by Crippen LogP contribution is -2.59. The molecule has 208 valence electrons. The number of fused-ring (bicyclic) bond motifs is 1. The second-order valence-electron chi connectivity index (χ2n) is 11.7. The Balaban J connectivity index is 1.34. The number of benzene rings is 2. The maximum atomic E-state index is 12.7. The van der Waals surface area contributed by atoms with Crippen LogP contribution in [-0.2, 0) is 9.53 Å². The number of aromatic amines is 1. The maximum Gasteiger partial charge on any atom is 0.246 e. The molecule has 1 amide bonds. The smallest absolute Gasteiger partial charge is 0.246 e. The van der Waals surface area contributed by atoms with Crippen LogP contribution in [0.25, 0.3) is 22.0 Å². The quantitative estimate of drug-likeness (QED) is 0.480. The van der Waals surface area contributed by atoms with E-state index in [1.807, 2.05) is 42.2 Å². The highest BCUT2D eigenvalue weighted by Crippen LogP contribution is 2.45. The minimum Gasteiger partial charge on any atom is -0.378 e. The Bertz CT molecular complexity index is 1490. The summed E-state index contributed by atoms with van der Waals surface area (Å²) in [6, 6.07) is 11.1. The first-order valence-electron chi connectivity index (χ1n) is 14.1. The van der Waals surface area contributed by atoms with Gasteiger partial charge in [0, 0.05) is 73.9 Å². The van der Waals surface area contributed by atoms with Crippen molar-refractivity contribution in [2.75, 3.05) is 82.9 Å². The van der Waals surface area contributed by atoms with Crippen molar-refractivity contribution >= 4 is 28.2 Å². The van der Waals surface area contributed by atoms with Crippen LogP contribution < -0.4 is 9.80 Å². The molecule has 2 aromatic carbocycles. The molecule has 1 aromatic heterocycles. The topological polar surface area (TPSA) is 91.7 Å². The Labute approximate surface area is 235 Å². The molecule has 0 unspecified atom stereocenters. The van der Waals surface area contributed by atoms with E-state index < -0.39 is 0 Å². The van der Waals surface area contributed by atoms with Gasteiger partial charge in [0.2, 0.25) is 5.91 Å². The van der Waals surface area contributed by atoms with Crippen LogP contribution in [-0.4, -0.2) is 99.0 Å². The standard InChI is InChI=1S/C31H37N7O2/c1-22-6-7-27-26(18-33-34-27)30(22)24-15-23(36-11-13-40-14-12-36)16-28(25(24)17-32)37-10-8-31(19-37)20-38(21-31)29(39)5-4-9-35(2)3/h4-7,15-16,18H,8-14,19-21H2,1-3H3,(H,33,34)/b5-4+. The number of amides is 1. The van der Waals surface area contributed by atoms with Gasteiger partial charge in [-0.3, -0.25) is 9.89 Å². The number of nitrogens with zero attached hydrogens (tertiary/aromatic N) is 6. The first-order valence-corrected chi connectivity index (χ1v) is 14.1. The molecular weight excluding hydrogens is 502 g/mol. The van der Waals surface area contributed by atoms with Crippen LogP contribution in [0, 0.1) is 23.7 Å². The number of likely N-dealkylation sites (tertiary alicyclic amines) is 1. The lowest BCUT2D eigenvalue weighted by Gasteiger charge is -2.47. The molecule has 6 rings (SSSR count). The summed E-state index contributed by atoms with van der Waals surface area (Å²) >= 11 is 0. The fourth-order valence-electron chi connectivity index (χ4n) is 6.45. The Hall–Kier alpha value is -3.87. The van der Waals surface area contributed by atoms with E-state index in [0.717, 1.165) is 91.2 Å². The Kier molecular flexibility index (Phi) is 6.99. The van der Waals surface area contributed by atoms with Crippen molar-refractivity contribution in [2.45, 2.75) is 13.3 Å². The molecule has 3 aliphatic heterocycles. The van der Waals surface area contributed by atoms with Crippen LogP contribution in [0.2, 0.25) is 0 Å². The fourth-order valence-corrected chi connectivity index (χ4v) is 6.45. The van der Waals surface area contributed by atoms with E-state index >= 15 is 0 Å². The van der Waals surface area contributed by atoms with Crippen LogP contribution >= 0.6 is 0 Å². The van der Waals surface area contributed by atoms with E-state index in [9.17, 15) is 10.1 Å². The average molecular weight is 540 g/mol. The van der Waals surface area contributed by atoms with E-state index in [2.05, 4.69) is 51.2 Å². The molecule has 0 bridgehead atoms. The molecule has 40 heavy (non-hydrogen) atoms. The van der Waals surface area contributed by atoms with Gasteiger partial charge in [-0.25, -0.2) is 0 Å². The number of hydrogen-bond donors (Lipinski definition) is 1. The molecule has 1 N–H and O–H groups in total. The number of ether oxygens (including phenoxy) is 1. The summed E-state index contributed by atoms with van der Waals surface area (Å²) in [7, 11) is 3.98. The third-order valence-corrected chi connectivity index (χ3v) is 8.57. The van der Waals surface area contributed by atoms with Gasteiger partial charge in [-0.15, -0.1) is 0 Å². The lowest BCUT2D eigenvalue weighted by molar-refractivity contribution is -0.136. The first-order chi connectivity index (χ1) is 19.4. The van der Waals surface area contributed by atoms with Gasteiger partial charge < -0.3 is 24.3 Å². The number of nitrogens with one attached hydrogen (secondary N) is 1. The van der Waals surface area contributed by atoms with Gasteiger partial charge in [0.15, 0.2) is 0 Å². The van der Waals surface area contributed by atoms with Crippen LogP contribution in [0.3, 0.4) is 0 Å². The summed E-state index contributed by atoms with van der Waals surface area (Å²) in [6.45, 7) is 9.12. The van der Waals surface area contributed by atoms with Crippen molar-refractivity contribution in [3.05, 3.63) is 53.7 Å². The van der Waals surface area contributed by atoms with Gasteiger partial charge >= 0.3 is 0 Å². The van der Waals surface area contributed by atoms with Crippen LogP contribution in [0.5, 0.6) is 0 Å². The minimum absolute atomic E-state index is 0.0768. The summed E-state index contributed by atoms with van der Waals surface area (Å²) in [4.78, 5) is 21.4. The Morgan fingerprint density at radius 2 is 1.98 bits per heavy atom. The number of hydrogen-bond acceptors (Lipinski definition) is 7. The number of nitriles is 1. The molecule has 0 saturated carbocycles. The van der Waals surface area contributed by atoms with Gasteiger partial charge in [-0.1, -0.05) is 12.1 Å². The van der Waals surface area contributed by atoms with Crippen molar-refractivity contribution in [3.8, 4) is 17.2 Å². The van der Waals surface area contributed by atoms with Gasteiger partial charge in [0.1, 0.15) is 6.07 Å². The summed E-state index contributed by atoms with van der Waals surface area (Å²) in [6.07, 6.45) is 6.49. The monoisotopic (exact) mass is 539 g/mol. The molecule has 3 aliphatic rings. The average Bonchev–Trinajstić information content (AvgIpc) is 3.60. The fraction of sp³-hybridized carbons (Fsp3) is 0.452. The second-order valence-corrected chi connectivity index (χ2v) is 11.7. The SMILES string of the molecule is Cc1ccc2[nH]ncc2c1-c1cc(N2CCOCC2)cc(N2CCC3(CN(C(=O)/C=C/CN(C)C)C3)C2)c1C#N. The predicted molar refractivity (Wildman–Crippen MR) is 158 cm³/mol. The molecule has 0 atom stereocenters. The highest BCUT2D eigenvalue weighted by molar-refractivity contribution is 5.99. The number of aromatic nitrogens is 2. The summed E-state index contributed by atoms with van der Waals surface area (Å²) in [5.74, 6) is 0.0870. The number of morpholine rings is 1. The van der Waals surface area contributed by atoms with E-state index in [-0.39, 0.29) is 11.3 Å². The number of rotatable bonds is 6.